The Morgan fingerprint density at radius 1 is 0.944 bits per heavy atom. The number of amides is 1. The van der Waals surface area contributed by atoms with Crippen LogP contribution in [0.5, 0.6) is 0 Å². The number of aromatic amines is 1. The van der Waals surface area contributed by atoms with Crippen LogP contribution >= 0.6 is 23.2 Å². The minimum Gasteiger partial charge on any atom is -0.436 e. The molecule has 0 saturated carbocycles. The summed E-state index contributed by atoms with van der Waals surface area (Å²) in [6.07, 6.45) is 1.70. The molecule has 6 nitrogen and oxygen atoms in total. The number of H-pyrrole nitrogens is 1. The van der Waals surface area contributed by atoms with Gasteiger partial charge in [-0.15, -0.1) is 0 Å². The Kier molecular flexibility index (Phi) is 5.48. The standard InChI is InChI=1S/C28H18Cl2N4O2/c1-15(35)32-22-10-9-21(29)25(26(22)30)18-7-4-8-19(11-18)27-20(14-31-34-27)28-33-23-12-16-5-2-3-6-17(16)13-24(23)36-28/h2-14H,1H3,(H,31,34)(H,32,35). The molecular weight excluding hydrogens is 495 g/mol. The van der Waals surface area contributed by atoms with Gasteiger partial charge in [-0.3, -0.25) is 9.89 Å². The normalized spacial score (nSPS) is 11.3. The summed E-state index contributed by atoms with van der Waals surface area (Å²) in [7, 11) is 0. The van der Waals surface area contributed by atoms with E-state index >= 15 is 0 Å². The van der Waals surface area contributed by atoms with Crippen LogP contribution in [0.15, 0.2) is 83.4 Å². The topological polar surface area (TPSA) is 83.8 Å². The van der Waals surface area contributed by atoms with Crippen molar-refractivity contribution >= 4 is 56.7 Å². The van der Waals surface area contributed by atoms with Crippen LogP contribution in [0.2, 0.25) is 10.0 Å². The second-order valence-corrected chi connectivity index (χ2v) is 9.18. The largest absolute Gasteiger partial charge is 0.436 e. The summed E-state index contributed by atoms with van der Waals surface area (Å²) in [5.74, 6) is 0.255. The highest BCUT2D eigenvalue weighted by atomic mass is 35.5. The Labute approximate surface area is 215 Å². The van der Waals surface area contributed by atoms with Gasteiger partial charge in [-0.05, 0) is 46.7 Å². The number of hydrogen-bond donors (Lipinski definition) is 2. The quantitative estimate of drug-likeness (QED) is 0.250. The second-order valence-electron chi connectivity index (χ2n) is 8.39. The third-order valence-electron chi connectivity index (χ3n) is 5.97. The van der Waals surface area contributed by atoms with Crippen LogP contribution < -0.4 is 5.32 Å². The number of oxazole rings is 1. The van der Waals surface area contributed by atoms with Crippen LogP contribution in [-0.4, -0.2) is 21.1 Å². The number of anilines is 1. The summed E-state index contributed by atoms with van der Waals surface area (Å²) >= 11 is 13.2. The molecule has 2 N–H and O–H groups in total. The van der Waals surface area contributed by atoms with Crippen LogP contribution in [0.4, 0.5) is 5.69 Å². The Morgan fingerprint density at radius 2 is 1.72 bits per heavy atom. The highest BCUT2D eigenvalue weighted by Crippen LogP contribution is 2.41. The highest BCUT2D eigenvalue weighted by Gasteiger charge is 2.19. The van der Waals surface area contributed by atoms with Crippen molar-refractivity contribution in [3.63, 3.8) is 0 Å². The molecule has 0 fully saturated rings. The number of fused-ring (bicyclic) bond motifs is 2. The Hall–Kier alpha value is -4.13. The van der Waals surface area contributed by atoms with E-state index in [4.69, 9.17) is 32.6 Å². The SMILES string of the molecule is CC(=O)Nc1ccc(Cl)c(-c2cccc(-c3[nH]ncc3-c3nc4cc5ccccc5cc4o3)c2)c1Cl. The minimum atomic E-state index is -0.216. The fourth-order valence-corrected chi connectivity index (χ4v) is 4.97. The predicted molar refractivity (Wildman–Crippen MR) is 144 cm³/mol. The fourth-order valence-electron chi connectivity index (χ4n) is 4.33. The summed E-state index contributed by atoms with van der Waals surface area (Å²) in [5.41, 5.74) is 5.73. The third kappa shape index (κ3) is 3.90. The average Bonchev–Trinajstić information content (AvgIpc) is 3.51. The van der Waals surface area contributed by atoms with Gasteiger partial charge in [0.1, 0.15) is 5.52 Å². The predicted octanol–water partition coefficient (Wildman–Crippen LogP) is 7.97. The van der Waals surface area contributed by atoms with Gasteiger partial charge in [0.25, 0.3) is 0 Å². The molecule has 36 heavy (non-hydrogen) atoms. The molecule has 0 spiro atoms. The zero-order valence-electron chi connectivity index (χ0n) is 19.0. The van der Waals surface area contributed by atoms with Gasteiger partial charge in [0.05, 0.1) is 33.2 Å². The van der Waals surface area contributed by atoms with Gasteiger partial charge >= 0.3 is 0 Å². The molecule has 2 heterocycles. The summed E-state index contributed by atoms with van der Waals surface area (Å²) in [4.78, 5) is 16.3. The molecule has 0 unspecified atom stereocenters. The summed E-state index contributed by atoms with van der Waals surface area (Å²) in [6, 6.07) is 23.2. The number of carbonyl (C=O) groups excluding carboxylic acids is 1. The van der Waals surface area contributed by atoms with Crippen molar-refractivity contribution in [2.75, 3.05) is 5.32 Å². The molecule has 0 aliphatic rings. The van der Waals surface area contributed by atoms with E-state index in [0.29, 0.717) is 32.8 Å². The first-order valence-electron chi connectivity index (χ1n) is 11.2. The smallest absolute Gasteiger partial charge is 0.231 e. The van der Waals surface area contributed by atoms with Crippen LogP contribution in [-0.2, 0) is 4.79 Å². The van der Waals surface area contributed by atoms with Crippen LogP contribution in [0.3, 0.4) is 0 Å². The molecule has 6 aromatic rings. The van der Waals surface area contributed by atoms with Crippen molar-refractivity contribution < 1.29 is 9.21 Å². The van der Waals surface area contributed by atoms with E-state index in [9.17, 15) is 4.79 Å². The van der Waals surface area contributed by atoms with E-state index in [1.165, 1.54) is 6.92 Å². The average molecular weight is 513 g/mol. The van der Waals surface area contributed by atoms with Gasteiger partial charge in [0.2, 0.25) is 11.8 Å². The number of hydrogen-bond acceptors (Lipinski definition) is 4. The number of nitrogens with zero attached hydrogens (tertiary/aromatic N) is 2. The maximum absolute atomic E-state index is 11.6. The summed E-state index contributed by atoms with van der Waals surface area (Å²) in [6.45, 7) is 1.43. The number of rotatable bonds is 4. The minimum absolute atomic E-state index is 0.216. The molecule has 176 valence electrons. The zero-order valence-corrected chi connectivity index (χ0v) is 20.5. The highest BCUT2D eigenvalue weighted by molar-refractivity contribution is 6.41. The number of nitrogens with one attached hydrogen (secondary N) is 2. The van der Waals surface area contributed by atoms with E-state index in [1.807, 2.05) is 54.6 Å². The van der Waals surface area contributed by atoms with Crippen LogP contribution in [0.25, 0.3) is 55.7 Å². The maximum Gasteiger partial charge on any atom is 0.231 e. The van der Waals surface area contributed by atoms with Gasteiger partial charge < -0.3 is 9.73 Å². The van der Waals surface area contributed by atoms with Crippen molar-refractivity contribution in [3.8, 4) is 33.8 Å². The molecule has 0 aliphatic carbocycles. The first-order valence-corrected chi connectivity index (χ1v) is 11.9. The molecule has 4 aromatic carbocycles. The van der Waals surface area contributed by atoms with Gasteiger partial charge in [0.15, 0.2) is 5.58 Å². The molecular formula is C28H18Cl2N4O2. The molecule has 2 aromatic heterocycles. The maximum atomic E-state index is 11.6. The molecule has 0 bridgehead atoms. The van der Waals surface area contributed by atoms with Crippen molar-refractivity contribution in [1.29, 1.82) is 0 Å². The number of aromatic nitrogens is 3. The van der Waals surface area contributed by atoms with E-state index in [1.54, 1.807) is 18.3 Å². The Morgan fingerprint density at radius 3 is 2.53 bits per heavy atom. The van der Waals surface area contributed by atoms with Crippen LogP contribution in [0.1, 0.15) is 6.92 Å². The van der Waals surface area contributed by atoms with Crippen LogP contribution in [0, 0.1) is 0 Å². The molecule has 0 radical (unpaired) electrons. The van der Waals surface area contributed by atoms with Crippen molar-refractivity contribution in [2.24, 2.45) is 0 Å². The lowest BCUT2D eigenvalue weighted by atomic mass is 9.99. The lowest BCUT2D eigenvalue weighted by molar-refractivity contribution is -0.114. The first kappa shape index (κ1) is 22.3. The van der Waals surface area contributed by atoms with Crippen molar-refractivity contribution in [1.82, 2.24) is 15.2 Å². The number of carbonyl (C=O) groups is 1. The molecule has 8 heteroatoms. The monoisotopic (exact) mass is 512 g/mol. The van der Waals surface area contributed by atoms with E-state index < -0.39 is 0 Å². The van der Waals surface area contributed by atoms with Gasteiger partial charge in [0, 0.05) is 18.1 Å². The summed E-state index contributed by atoms with van der Waals surface area (Å²) < 4.78 is 6.13. The molecule has 0 atom stereocenters. The molecule has 0 saturated heterocycles. The lowest BCUT2D eigenvalue weighted by Gasteiger charge is -2.13. The summed E-state index contributed by atoms with van der Waals surface area (Å²) in [5, 5.41) is 13.1. The Balaban J connectivity index is 1.44. The van der Waals surface area contributed by atoms with Gasteiger partial charge in [-0.2, -0.15) is 5.10 Å². The lowest BCUT2D eigenvalue weighted by Crippen LogP contribution is -2.06. The van der Waals surface area contributed by atoms with E-state index in [2.05, 4.69) is 21.6 Å². The van der Waals surface area contributed by atoms with Crippen molar-refractivity contribution in [3.05, 3.63) is 89.0 Å². The van der Waals surface area contributed by atoms with E-state index in [0.717, 1.165) is 38.7 Å². The molecule has 0 aliphatic heterocycles. The van der Waals surface area contributed by atoms with Gasteiger partial charge in [-0.25, -0.2) is 4.98 Å². The molecule has 1 amide bonds. The van der Waals surface area contributed by atoms with Crippen molar-refractivity contribution in [2.45, 2.75) is 6.92 Å². The number of halogens is 2. The third-order valence-corrected chi connectivity index (χ3v) is 6.67. The second kappa shape index (κ2) is 8.82. The van der Waals surface area contributed by atoms with E-state index in [-0.39, 0.29) is 5.91 Å². The number of benzene rings is 4. The van der Waals surface area contributed by atoms with Gasteiger partial charge in [-0.1, -0.05) is 65.7 Å². The Bertz CT molecular complexity index is 1740. The first-order chi connectivity index (χ1) is 17.5. The fraction of sp³-hybridized carbons (Fsp3) is 0.0357. The molecule has 6 rings (SSSR count). The zero-order chi connectivity index (χ0) is 24.8.